The Balaban J connectivity index is 1.52. The number of benzene rings is 1. The van der Waals surface area contributed by atoms with Crippen molar-refractivity contribution in [2.24, 2.45) is 0 Å². The van der Waals surface area contributed by atoms with Crippen molar-refractivity contribution in [1.82, 2.24) is 20.3 Å². The van der Waals surface area contributed by atoms with Gasteiger partial charge < -0.3 is 10.3 Å². The van der Waals surface area contributed by atoms with E-state index >= 15 is 0 Å². The van der Waals surface area contributed by atoms with Gasteiger partial charge in [-0.15, -0.1) is 0 Å². The highest BCUT2D eigenvalue weighted by molar-refractivity contribution is 7.91. The van der Waals surface area contributed by atoms with Crippen LogP contribution in [0, 0.1) is 13.8 Å². The molecule has 0 bridgehead atoms. The smallest absolute Gasteiger partial charge is 0.254 e. The first-order valence-electron chi connectivity index (χ1n) is 9.70. The molecule has 8 heteroatoms. The molecule has 1 saturated heterocycles. The van der Waals surface area contributed by atoms with Crippen molar-refractivity contribution in [2.75, 3.05) is 11.5 Å². The number of aryl methyl sites for hydroxylation is 2. The van der Waals surface area contributed by atoms with Gasteiger partial charge in [-0.25, -0.2) is 18.4 Å². The van der Waals surface area contributed by atoms with Gasteiger partial charge in [-0.3, -0.25) is 4.79 Å². The second-order valence-corrected chi connectivity index (χ2v) is 9.98. The third kappa shape index (κ3) is 4.03. The maximum atomic E-state index is 12.4. The second kappa shape index (κ2) is 7.59. The highest BCUT2D eigenvalue weighted by Crippen LogP contribution is 2.34. The summed E-state index contributed by atoms with van der Waals surface area (Å²) in [4.78, 5) is 23.8. The van der Waals surface area contributed by atoms with Crippen molar-refractivity contribution in [3.8, 4) is 0 Å². The molecule has 3 heterocycles. The molecule has 3 aromatic rings. The van der Waals surface area contributed by atoms with E-state index in [1.165, 1.54) is 12.5 Å². The summed E-state index contributed by atoms with van der Waals surface area (Å²) in [5, 5.41) is 4.03. The molecule has 0 saturated carbocycles. The number of aromatic nitrogens is 3. The minimum Gasteiger partial charge on any atom is -0.358 e. The van der Waals surface area contributed by atoms with E-state index in [-0.39, 0.29) is 23.3 Å². The molecule has 0 spiro atoms. The van der Waals surface area contributed by atoms with E-state index in [2.05, 4.69) is 33.3 Å². The molecule has 2 N–H and O–H groups in total. The molecule has 1 fully saturated rings. The van der Waals surface area contributed by atoms with Gasteiger partial charge >= 0.3 is 0 Å². The Morgan fingerprint density at radius 2 is 2.00 bits per heavy atom. The average molecular weight is 413 g/mol. The molecule has 152 valence electrons. The Kier molecular flexibility index (Phi) is 5.12. The molecule has 0 aliphatic carbocycles. The van der Waals surface area contributed by atoms with Crippen molar-refractivity contribution in [3.63, 3.8) is 0 Å². The molecule has 0 atom stereocenters. The number of rotatable bonds is 4. The van der Waals surface area contributed by atoms with Crippen molar-refractivity contribution >= 4 is 26.6 Å². The molecule has 0 radical (unpaired) electrons. The average Bonchev–Trinajstić information content (AvgIpc) is 3.03. The molecule has 1 aromatic carbocycles. The Bertz CT molecular complexity index is 1170. The Hall–Kier alpha value is -2.74. The first-order chi connectivity index (χ1) is 13.8. The number of aromatic amines is 1. The minimum absolute atomic E-state index is 0.196. The summed E-state index contributed by atoms with van der Waals surface area (Å²) < 4.78 is 23.5. The third-order valence-electron chi connectivity index (χ3n) is 5.73. The zero-order valence-corrected chi connectivity index (χ0v) is 17.3. The van der Waals surface area contributed by atoms with Crippen LogP contribution in [0.25, 0.3) is 10.9 Å². The predicted octanol–water partition coefficient (Wildman–Crippen LogP) is 2.80. The van der Waals surface area contributed by atoms with Crippen molar-refractivity contribution in [2.45, 2.75) is 39.2 Å². The zero-order valence-electron chi connectivity index (χ0n) is 16.5. The summed E-state index contributed by atoms with van der Waals surface area (Å²) >= 11 is 0. The zero-order chi connectivity index (χ0) is 20.6. The number of nitrogens with zero attached hydrogens (tertiary/aromatic N) is 2. The lowest BCUT2D eigenvalue weighted by molar-refractivity contribution is 0.0949. The fourth-order valence-electron chi connectivity index (χ4n) is 3.98. The van der Waals surface area contributed by atoms with E-state index in [4.69, 9.17) is 0 Å². The number of hydrogen-bond acceptors (Lipinski definition) is 5. The van der Waals surface area contributed by atoms with Crippen LogP contribution in [0.5, 0.6) is 0 Å². The van der Waals surface area contributed by atoms with E-state index in [1.54, 1.807) is 6.92 Å². The molecule has 1 aliphatic rings. The number of carbonyl (C=O) groups is 1. The van der Waals surface area contributed by atoms with Gasteiger partial charge in [-0.2, -0.15) is 0 Å². The van der Waals surface area contributed by atoms with Crippen LogP contribution >= 0.6 is 0 Å². The minimum atomic E-state index is -2.88. The van der Waals surface area contributed by atoms with Gasteiger partial charge in [0.25, 0.3) is 5.91 Å². The Morgan fingerprint density at radius 1 is 1.24 bits per heavy atom. The lowest BCUT2D eigenvalue weighted by Crippen LogP contribution is -2.24. The van der Waals surface area contributed by atoms with Crippen LogP contribution in [-0.4, -0.2) is 40.8 Å². The van der Waals surface area contributed by atoms with E-state index < -0.39 is 9.84 Å². The van der Waals surface area contributed by atoms with Crippen LogP contribution in [-0.2, 0) is 16.4 Å². The summed E-state index contributed by atoms with van der Waals surface area (Å²) in [7, 11) is -2.88. The first-order valence-corrected chi connectivity index (χ1v) is 11.5. The molecule has 0 unspecified atom stereocenters. The number of amides is 1. The van der Waals surface area contributed by atoms with Crippen LogP contribution in [0.2, 0.25) is 0 Å². The quantitative estimate of drug-likeness (QED) is 0.686. The maximum Gasteiger partial charge on any atom is 0.254 e. The topological polar surface area (TPSA) is 105 Å². The molecule has 1 aliphatic heterocycles. The molecule has 7 nitrogen and oxygen atoms in total. The lowest BCUT2D eigenvalue weighted by Gasteiger charge is -2.21. The van der Waals surface area contributed by atoms with Gasteiger partial charge in [0.2, 0.25) is 0 Å². The van der Waals surface area contributed by atoms with Crippen LogP contribution in [0.4, 0.5) is 0 Å². The summed E-state index contributed by atoms with van der Waals surface area (Å²) in [5.41, 5.74) is 5.45. The molecule has 29 heavy (non-hydrogen) atoms. The predicted molar refractivity (Wildman–Crippen MR) is 112 cm³/mol. The summed E-state index contributed by atoms with van der Waals surface area (Å²) in [5.74, 6) is 0.562. The monoisotopic (exact) mass is 412 g/mol. The SMILES string of the molecule is Cc1ncncc1C(=O)NCc1ccc2[nH]c(C3CCS(=O)(=O)CC3)c(C)c2c1. The van der Waals surface area contributed by atoms with Gasteiger partial charge in [0.1, 0.15) is 16.2 Å². The number of carbonyl (C=O) groups excluding carboxylic acids is 1. The number of hydrogen-bond donors (Lipinski definition) is 2. The first kappa shape index (κ1) is 19.6. The third-order valence-corrected chi connectivity index (χ3v) is 7.45. The molecular weight excluding hydrogens is 388 g/mol. The van der Waals surface area contributed by atoms with E-state index in [9.17, 15) is 13.2 Å². The highest BCUT2D eigenvalue weighted by atomic mass is 32.2. The van der Waals surface area contributed by atoms with E-state index in [0.29, 0.717) is 30.6 Å². The van der Waals surface area contributed by atoms with Crippen LogP contribution in [0.1, 0.15) is 51.6 Å². The molecule has 4 rings (SSSR count). The highest BCUT2D eigenvalue weighted by Gasteiger charge is 2.27. The van der Waals surface area contributed by atoms with Crippen molar-refractivity contribution in [3.05, 3.63) is 58.8 Å². The largest absolute Gasteiger partial charge is 0.358 e. The van der Waals surface area contributed by atoms with Gasteiger partial charge in [0.15, 0.2) is 0 Å². The number of fused-ring (bicyclic) bond motifs is 1. The summed E-state index contributed by atoms with van der Waals surface area (Å²) in [6.07, 6.45) is 4.27. The van der Waals surface area contributed by atoms with Crippen molar-refractivity contribution in [1.29, 1.82) is 0 Å². The van der Waals surface area contributed by atoms with Crippen LogP contribution in [0.15, 0.2) is 30.7 Å². The van der Waals surface area contributed by atoms with Gasteiger partial charge in [-0.05, 0) is 49.9 Å². The van der Waals surface area contributed by atoms with Crippen LogP contribution in [0.3, 0.4) is 0 Å². The van der Waals surface area contributed by atoms with E-state index in [0.717, 1.165) is 27.7 Å². The molecular formula is C21H24N4O3S. The van der Waals surface area contributed by atoms with Crippen molar-refractivity contribution < 1.29 is 13.2 Å². The molecule has 2 aromatic heterocycles. The number of sulfone groups is 1. The second-order valence-electron chi connectivity index (χ2n) is 7.67. The maximum absolute atomic E-state index is 12.4. The van der Waals surface area contributed by atoms with E-state index in [1.807, 2.05) is 12.1 Å². The number of nitrogens with one attached hydrogen (secondary N) is 2. The number of H-pyrrole nitrogens is 1. The van der Waals surface area contributed by atoms with Gasteiger partial charge in [0, 0.05) is 35.3 Å². The Morgan fingerprint density at radius 3 is 2.72 bits per heavy atom. The summed E-state index contributed by atoms with van der Waals surface area (Å²) in [6.45, 7) is 4.26. The lowest BCUT2D eigenvalue weighted by atomic mass is 9.95. The summed E-state index contributed by atoms with van der Waals surface area (Å²) in [6, 6.07) is 6.09. The van der Waals surface area contributed by atoms with Crippen LogP contribution < -0.4 is 5.32 Å². The van der Waals surface area contributed by atoms with Gasteiger partial charge in [0.05, 0.1) is 22.8 Å². The molecule has 1 amide bonds. The van der Waals surface area contributed by atoms with Gasteiger partial charge in [-0.1, -0.05) is 6.07 Å². The fourth-order valence-corrected chi connectivity index (χ4v) is 5.47. The fraction of sp³-hybridized carbons (Fsp3) is 0.381. The standard InChI is InChI=1S/C21H24N4O3S/c1-13-17-9-15(10-23-21(26)18-11-22-12-24-14(18)2)3-4-19(17)25-20(13)16-5-7-29(27,28)8-6-16/h3-4,9,11-12,16,25H,5-8,10H2,1-2H3,(H,23,26). The normalized spacial score (nSPS) is 16.8. The Labute approximate surface area is 169 Å².